The van der Waals surface area contributed by atoms with Gasteiger partial charge in [0.1, 0.15) is 12.3 Å². The fourth-order valence-electron chi connectivity index (χ4n) is 4.28. The fourth-order valence-corrected chi connectivity index (χ4v) is 4.28. The lowest BCUT2D eigenvalue weighted by Crippen LogP contribution is -2.32. The Morgan fingerprint density at radius 1 is 0.533 bits per heavy atom. The van der Waals surface area contributed by atoms with Gasteiger partial charge in [-0.3, -0.25) is 0 Å². The van der Waals surface area contributed by atoms with Crippen LogP contribution in [0.1, 0.15) is 135 Å². The van der Waals surface area contributed by atoms with Crippen molar-refractivity contribution in [2.24, 2.45) is 0 Å². The third-order valence-electron chi connectivity index (χ3n) is 6.37. The summed E-state index contributed by atoms with van der Waals surface area (Å²) in [7, 11) is 1.72. The molecule has 1 rings (SSSR count). The quantitative estimate of drug-likeness (QED) is 0.135. The van der Waals surface area contributed by atoms with E-state index in [1.54, 1.807) is 7.11 Å². The second kappa shape index (κ2) is 21.2. The maximum Gasteiger partial charge on any atom is 0.172 e. The van der Waals surface area contributed by atoms with E-state index in [1.165, 1.54) is 128 Å². The van der Waals surface area contributed by atoms with Gasteiger partial charge in [-0.05, 0) is 6.42 Å². The van der Waals surface area contributed by atoms with Crippen molar-refractivity contribution >= 4 is 0 Å². The molecule has 2 nitrogen and oxygen atoms in total. The lowest BCUT2D eigenvalue weighted by atomic mass is 10.0. The smallest absolute Gasteiger partial charge is 0.172 e. The van der Waals surface area contributed by atoms with Crippen molar-refractivity contribution in [1.82, 2.24) is 0 Å². The summed E-state index contributed by atoms with van der Waals surface area (Å²) in [6.07, 6.45) is 33.0. The largest absolute Gasteiger partial charge is 0.496 e. The molecule has 0 aromatic carbocycles. The van der Waals surface area contributed by atoms with Gasteiger partial charge >= 0.3 is 0 Å². The predicted octanol–water partition coefficient (Wildman–Crippen LogP) is 8.80. The summed E-state index contributed by atoms with van der Waals surface area (Å²) < 4.78 is 7.46. The van der Waals surface area contributed by atoms with Crippen LogP contribution in [-0.2, 0) is 6.54 Å². The summed E-state index contributed by atoms with van der Waals surface area (Å²) in [6, 6.07) is 4.08. The van der Waals surface area contributed by atoms with Crippen LogP contribution in [0.3, 0.4) is 0 Å². The van der Waals surface area contributed by atoms with Crippen molar-refractivity contribution in [1.29, 1.82) is 0 Å². The van der Waals surface area contributed by atoms with Gasteiger partial charge in [0.15, 0.2) is 12.4 Å². The van der Waals surface area contributed by atoms with E-state index < -0.39 is 0 Å². The van der Waals surface area contributed by atoms with Gasteiger partial charge in [0.25, 0.3) is 0 Å². The van der Waals surface area contributed by atoms with Gasteiger partial charge in [0, 0.05) is 18.6 Å². The summed E-state index contributed by atoms with van der Waals surface area (Å²) in [4.78, 5) is 0. The molecule has 0 saturated heterocycles. The third kappa shape index (κ3) is 16.7. The molecule has 174 valence electrons. The molecule has 0 fully saturated rings. The van der Waals surface area contributed by atoms with Crippen LogP contribution in [0.2, 0.25) is 0 Å². The van der Waals surface area contributed by atoms with Crippen LogP contribution in [0.25, 0.3) is 0 Å². The van der Waals surface area contributed by atoms with Gasteiger partial charge in [-0.1, -0.05) is 122 Å². The molecule has 0 unspecified atom stereocenters. The first-order chi connectivity index (χ1) is 14.9. The fraction of sp³-hybridized carbons (Fsp3) is 0.821. The molecule has 0 bridgehead atoms. The summed E-state index contributed by atoms with van der Waals surface area (Å²) in [6.45, 7) is 3.43. The van der Waals surface area contributed by atoms with Gasteiger partial charge in [-0.25, -0.2) is 4.57 Å². The number of hydrogen-bond donors (Lipinski definition) is 0. The van der Waals surface area contributed by atoms with E-state index in [0.29, 0.717) is 0 Å². The van der Waals surface area contributed by atoms with Crippen molar-refractivity contribution in [3.8, 4) is 5.75 Å². The predicted molar refractivity (Wildman–Crippen MR) is 131 cm³/mol. The normalized spacial score (nSPS) is 11.1. The standard InChI is InChI=1S/C28H52NO/c1-3-4-5-6-7-8-9-10-11-12-13-14-15-16-17-18-19-20-21-22-25-29-26-23-28(30-2)24-27-29/h23-24,26-27H,3-22,25H2,1-2H3/q+1. The second-order valence-electron chi connectivity index (χ2n) is 9.19. The molecule has 0 aliphatic carbocycles. The molecule has 1 aromatic heterocycles. The Bertz CT molecular complexity index is 456. The van der Waals surface area contributed by atoms with E-state index in [-0.39, 0.29) is 0 Å². The molecular formula is C28H52NO+. The average molecular weight is 419 g/mol. The van der Waals surface area contributed by atoms with Crippen molar-refractivity contribution < 1.29 is 9.30 Å². The number of methoxy groups -OCH3 is 1. The third-order valence-corrected chi connectivity index (χ3v) is 6.37. The van der Waals surface area contributed by atoms with Crippen molar-refractivity contribution in [3.63, 3.8) is 0 Å². The lowest BCUT2D eigenvalue weighted by Gasteiger charge is -2.04. The molecule has 0 spiro atoms. The van der Waals surface area contributed by atoms with Crippen LogP contribution < -0.4 is 9.30 Å². The summed E-state index contributed by atoms with van der Waals surface area (Å²) >= 11 is 0. The number of hydrogen-bond acceptors (Lipinski definition) is 1. The molecule has 0 aliphatic heterocycles. The first-order valence-corrected chi connectivity index (χ1v) is 13.4. The minimum Gasteiger partial charge on any atom is -0.496 e. The monoisotopic (exact) mass is 418 g/mol. The molecule has 0 aliphatic rings. The molecular weight excluding hydrogens is 366 g/mol. The minimum absolute atomic E-state index is 0.940. The van der Waals surface area contributed by atoms with Crippen LogP contribution in [0.5, 0.6) is 5.75 Å². The van der Waals surface area contributed by atoms with Crippen molar-refractivity contribution in [3.05, 3.63) is 24.5 Å². The summed E-state index contributed by atoms with van der Waals surface area (Å²) in [5.74, 6) is 0.940. The summed E-state index contributed by atoms with van der Waals surface area (Å²) in [5, 5.41) is 0. The first-order valence-electron chi connectivity index (χ1n) is 13.4. The van der Waals surface area contributed by atoms with E-state index in [1.807, 2.05) is 12.1 Å². The van der Waals surface area contributed by atoms with Gasteiger partial charge < -0.3 is 4.74 Å². The highest BCUT2D eigenvalue weighted by Gasteiger charge is 2.01. The molecule has 0 N–H and O–H groups in total. The topological polar surface area (TPSA) is 13.1 Å². The van der Waals surface area contributed by atoms with Crippen LogP contribution in [0, 0.1) is 0 Å². The maximum atomic E-state index is 5.20. The zero-order valence-electron chi connectivity index (χ0n) is 20.5. The first kappa shape index (κ1) is 27.0. The number of pyridine rings is 1. The van der Waals surface area contributed by atoms with E-state index in [0.717, 1.165) is 12.3 Å². The SMILES string of the molecule is CCCCCCCCCCCCCCCCCCCCCC[n+]1ccc(OC)cc1. The van der Waals surface area contributed by atoms with Gasteiger partial charge in [-0.15, -0.1) is 0 Å². The highest BCUT2D eigenvalue weighted by atomic mass is 16.5. The number of ether oxygens (including phenoxy) is 1. The average Bonchev–Trinajstić information content (AvgIpc) is 2.78. The Balaban J connectivity index is 1.71. The second-order valence-corrected chi connectivity index (χ2v) is 9.19. The molecule has 0 saturated carbocycles. The maximum absolute atomic E-state index is 5.20. The Morgan fingerprint density at radius 3 is 1.20 bits per heavy atom. The van der Waals surface area contributed by atoms with E-state index in [4.69, 9.17) is 4.74 Å². The number of nitrogens with zero attached hydrogens (tertiary/aromatic N) is 1. The van der Waals surface area contributed by atoms with E-state index >= 15 is 0 Å². The highest BCUT2D eigenvalue weighted by Crippen LogP contribution is 2.14. The number of rotatable bonds is 22. The number of aromatic nitrogens is 1. The molecule has 0 radical (unpaired) electrons. The molecule has 1 heterocycles. The van der Waals surface area contributed by atoms with Crippen LogP contribution in [0.15, 0.2) is 24.5 Å². The molecule has 0 amide bonds. The van der Waals surface area contributed by atoms with E-state index in [2.05, 4.69) is 23.9 Å². The van der Waals surface area contributed by atoms with Gasteiger partial charge in [0.2, 0.25) is 0 Å². The van der Waals surface area contributed by atoms with Crippen molar-refractivity contribution in [2.75, 3.05) is 7.11 Å². The summed E-state index contributed by atoms with van der Waals surface area (Å²) in [5.41, 5.74) is 0. The van der Waals surface area contributed by atoms with Crippen LogP contribution in [-0.4, -0.2) is 7.11 Å². The Hall–Kier alpha value is -1.05. The van der Waals surface area contributed by atoms with Crippen LogP contribution in [0.4, 0.5) is 0 Å². The van der Waals surface area contributed by atoms with E-state index in [9.17, 15) is 0 Å². The molecule has 2 heteroatoms. The molecule has 1 aromatic rings. The number of aryl methyl sites for hydroxylation is 1. The molecule has 30 heavy (non-hydrogen) atoms. The Labute approximate surface area is 188 Å². The van der Waals surface area contributed by atoms with Gasteiger partial charge in [0.05, 0.1) is 7.11 Å². The van der Waals surface area contributed by atoms with Crippen LogP contribution >= 0.6 is 0 Å². The zero-order valence-corrected chi connectivity index (χ0v) is 20.5. The zero-order chi connectivity index (χ0) is 21.5. The number of unbranched alkanes of at least 4 members (excludes halogenated alkanes) is 19. The van der Waals surface area contributed by atoms with Crippen molar-refractivity contribution in [2.45, 2.75) is 142 Å². The Kier molecular flexibility index (Phi) is 19.1. The lowest BCUT2D eigenvalue weighted by molar-refractivity contribution is -0.697. The van der Waals surface area contributed by atoms with Gasteiger partial charge in [-0.2, -0.15) is 0 Å². The highest BCUT2D eigenvalue weighted by molar-refractivity contribution is 5.14. The molecule has 0 atom stereocenters. The Morgan fingerprint density at radius 2 is 0.867 bits per heavy atom. The minimum atomic E-state index is 0.940.